The summed E-state index contributed by atoms with van der Waals surface area (Å²) < 4.78 is 10.8. The molecular weight excluding hydrogens is 380 g/mol. The highest BCUT2D eigenvalue weighted by atomic mass is 16.5. The maximum absolute atomic E-state index is 12.5. The number of anilines is 2. The highest BCUT2D eigenvalue weighted by Crippen LogP contribution is 2.26. The Morgan fingerprint density at radius 1 is 0.833 bits per heavy atom. The molecule has 154 valence electrons. The minimum atomic E-state index is -0.262. The number of methoxy groups -OCH3 is 1. The van der Waals surface area contributed by atoms with E-state index in [1.165, 1.54) is 0 Å². The third-order valence-electron chi connectivity index (χ3n) is 4.42. The van der Waals surface area contributed by atoms with E-state index < -0.39 is 0 Å². The fourth-order valence-electron chi connectivity index (χ4n) is 2.80. The first kappa shape index (κ1) is 20.9. The third kappa shape index (κ3) is 5.61. The molecule has 0 bridgehead atoms. The van der Waals surface area contributed by atoms with Crippen molar-refractivity contribution in [2.24, 2.45) is 0 Å². The zero-order valence-corrected chi connectivity index (χ0v) is 17.2. The summed E-state index contributed by atoms with van der Waals surface area (Å²) in [7, 11) is 1.56. The molecule has 6 nitrogen and oxygen atoms in total. The van der Waals surface area contributed by atoms with Crippen molar-refractivity contribution in [1.82, 2.24) is 0 Å². The quantitative estimate of drug-likeness (QED) is 0.604. The lowest BCUT2D eigenvalue weighted by molar-refractivity contribution is -0.118. The summed E-state index contributed by atoms with van der Waals surface area (Å²) in [6.07, 6.45) is 0. The summed E-state index contributed by atoms with van der Waals surface area (Å²) in [6, 6.07) is 19.7. The van der Waals surface area contributed by atoms with Gasteiger partial charge in [-0.1, -0.05) is 23.8 Å². The molecule has 0 aromatic heterocycles. The van der Waals surface area contributed by atoms with Crippen molar-refractivity contribution in [1.29, 1.82) is 0 Å². The lowest BCUT2D eigenvalue weighted by atomic mass is 10.1. The minimum Gasteiger partial charge on any atom is -0.495 e. The molecule has 3 aromatic rings. The van der Waals surface area contributed by atoms with Gasteiger partial charge in [0.15, 0.2) is 6.61 Å². The number of aryl methyl sites for hydroxylation is 2. The molecular formula is C24H24N2O4. The van der Waals surface area contributed by atoms with Crippen LogP contribution in [0.25, 0.3) is 0 Å². The van der Waals surface area contributed by atoms with E-state index in [4.69, 9.17) is 9.47 Å². The number of carbonyl (C=O) groups excluding carboxylic acids is 2. The Hall–Kier alpha value is -3.80. The maximum atomic E-state index is 12.5. The Balaban J connectivity index is 1.55. The standard InChI is InChI=1S/C24H24N2O4/c1-16-4-9-19(10-5-16)25-23(27)15-30-20-11-7-18(8-12-20)24(28)26-21-14-17(2)6-13-22(21)29-3/h4-14H,15H2,1-3H3,(H,25,27)(H,26,28). The van der Waals surface area contributed by atoms with Crippen molar-refractivity contribution in [3.8, 4) is 11.5 Å². The van der Waals surface area contributed by atoms with Gasteiger partial charge >= 0.3 is 0 Å². The molecule has 3 rings (SSSR count). The molecule has 0 aliphatic carbocycles. The van der Waals surface area contributed by atoms with Crippen molar-refractivity contribution >= 4 is 23.2 Å². The largest absolute Gasteiger partial charge is 0.495 e. The lowest BCUT2D eigenvalue weighted by Crippen LogP contribution is -2.20. The Bertz CT molecular complexity index is 1030. The van der Waals surface area contributed by atoms with E-state index in [1.54, 1.807) is 31.4 Å². The highest BCUT2D eigenvalue weighted by molar-refractivity contribution is 6.05. The van der Waals surface area contributed by atoms with Gasteiger partial charge in [0.2, 0.25) is 0 Å². The second kappa shape index (κ2) is 9.60. The topological polar surface area (TPSA) is 76.7 Å². The van der Waals surface area contributed by atoms with Crippen LogP contribution >= 0.6 is 0 Å². The van der Waals surface area contributed by atoms with Crippen molar-refractivity contribution in [3.63, 3.8) is 0 Å². The van der Waals surface area contributed by atoms with E-state index in [9.17, 15) is 9.59 Å². The van der Waals surface area contributed by atoms with Gasteiger partial charge in [-0.25, -0.2) is 0 Å². The highest BCUT2D eigenvalue weighted by Gasteiger charge is 2.11. The number of amides is 2. The van der Waals surface area contributed by atoms with Crippen molar-refractivity contribution in [2.75, 3.05) is 24.4 Å². The summed E-state index contributed by atoms with van der Waals surface area (Å²) >= 11 is 0. The van der Waals surface area contributed by atoms with Crippen LogP contribution < -0.4 is 20.1 Å². The van der Waals surface area contributed by atoms with Gasteiger partial charge in [-0.3, -0.25) is 9.59 Å². The summed E-state index contributed by atoms with van der Waals surface area (Å²) in [5, 5.41) is 5.62. The van der Waals surface area contributed by atoms with E-state index in [0.717, 1.165) is 11.1 Å². The number of nitrogens with one attached hydrogen (secondary N) is 2. The van der Waals surface area contributed by atoms with Crippen LogP contribution in [0.3, 0.4) is 0 Å². The average Bonchev–Trinajstić information content (AvgIpc) is 2.74. The summed E-state index contributed by atoms with van der Waals surface area (Å²) in [5.74, 6) is 0.571. The molecule has 0 saturated carbocycles. The molecule has 0 radical (unpaired) electrons. The Morgan fingerprint density at radius 3 is 2.17 bits per heavy atom. The van der Waals surface area contributed by atoms with E-state index in [1.807, 2.05) is 56.3 Å². The molecule has 3 aromatic carbocycles. The van der Waals surface area contributed by atoms with Crippen LogP contribution in [0.15, 0.2) is 66.7 Å². The number of carbonyl (C=O) groups is 2. The second-order valence-electron chi connectivity index (χ2n) is 6.89. The fraction of sp³-hybridized carbons (Fsp3) is 0.167. The van der Waals surface area contributed by atoms with E-state index in [-0.39, 0.29) is 18.4 Å². The predicted molar refractivity (Wildman–Crippen MR) is 117 cm³/mol. The van der Waals surface area contributed by atoms with Gasteiger partial charge in [0, 0.05) is 11.3 Å². The molecule has 0 unspecified atom stereocenters. The Labute approximate surface area is 175 Å². The molecule has 0 aliphatic heterocycles. The van der Waals surface area contributed by atoms with Crippen LogP contribution in [0.5, 0.6) is 11.5 Å². The minimum absolute atomic E-state index is 0.125. The normalized spacial score (nSPS) is 10.2. The van der Waals surface area contributed by atoms with Gasteiger partial charge in [0.25, 0.3) is 11.8 Å². The molecule has 2 N–H and O–H groups in total. The first-order valence-corrected chi connectivity index (χ1v) is 9.50. The van der Waals surface area contributed by atoms with Crippen LogP contribution in [0.4, 0.5) is 11.4 Å². The molecule has 0 spiro atoms. The molecule has 6 heteroatoms. The van der Waals surface area contributed by atoms with Crippen LogP contribution in [0.1, 0.15) is 21.5 Å². The summed E-state index contributed by atoms with van der Waals surface area (Å²) in [5.41, 5.74) is 3.92. The fourth-order valence-corrected chi connectivity index (χ4v) is 2.80. The van der Waals surface area contributed by atoms with Gasteiger partial charge in [0.05, 0.1) is 12.8 Å². The molecule has 0 atom stereocenters. The van der Waals surface area contributed by atoms with Crippen LogP contribution in [0.2, 0.25) is 0 Å². The molecule has 30 heavy (non-hydrogen) atoms. The molecule has 0 aliphatic rings. The first-order valence-electron chi connectivity index (χ1n) is 9.50. The zero-order chi connectivity index (χ0) is 21.5. The summed E-state index contributed by atoms with van der Waals surface area (Å²) in [6.45, 7) is 3.80. The molecule has 0 saturated heterocycles. The second-order valence-corrected chi connectivity index (χ2v) is 6.89. The molecule has 0 heterocycles. The predicted octanol–water partition coefficient (Wildman–Crippen LogP) is 4.58. The van der Waals surface area contributed by atoms with Crippen molar-refractivity contribution in [2.45, 2.75) is 13.8 Å². The van der Waals surface area contributed by atoms with Crippen LogP contribution in [-0.4, -0.2) is 25.5 Å². The average molecular weight is 404 g/mol. The zero-order valence-electron chi connectivity index (χ0n) is 17.2. The van der Waals surface area contributed by atoms with Gasteiger partial charge in [-0.2, -0.15) is 0 Å². The number of hydrogen-bond acceptors (Lipinski definition) is 4. The van der Waals surface area contributed by atoms with E-state index in [0.29, 0.717) is 28.4 Å². The number of ether oxygens (including phenoxy) is 2. The van der Waals surface area contributed by atoms with Gasteiger partial charge in [0.1, 0.15) is 11.5 Å². The number of hydrogen-bond donors (Lipinski definition) is 2. The van der Waals surface area contributed by atoms with Gasteiger partial charge in [-0.05, 0) is 67.9 Å². The Kier molecular flexibility index (Phi) is 6.70. The number of rotatable bonds is 7. The Morgan fingerprint density at radius 2 is 1.50 bits per heavy atom. The third-order valence-corrected chi connectivity index (χ3v) is 4.42. The first-order chi connectivity index (χ1) is 14.4. The smallest absolute Gasteiger partial charge is 0.262 e. The maximum Gasteiger partial charge on any atom is 0.262 e. The van der Waals surface area contributed by atoms with Gasteiger partial charge in [-0.15, -0.1) is 0 Å². The molecule has 2 amide bonds. The SMILES string of the molecule is COc1ccc(C)cc1NC(=O)c1ccc(OCC(=O)Nc2ccc(C)cc2)cc1. The van der Waals surface area contributed by atoms with Gasteiger partial charge < -0.3 is 20.1 Å². The van der Waals surface area contributed by atoms with Crippen LogP contribution in [0, 0.1) is 13.8 Å². The van der Waals surface area contributed by atoms with Crippen LogP contribution in [-0.2, 0) is 4.79 Å². The molecule has 0 fully saturated rings. The summed E-state index contributed by atoms with van der Waals surface area (Å²) in [4.78, 5) is 24.6. The number of benzene rings is 3. The van der Waals surface area contributed by atoms with E-state index in [2.05, 4.69) is 10.6 Å². The van der Waals surface area contributed by atoms with E-state index >= 15 is 0 Å². The van der Waals surface area contributed by atoms with Crippen molar-refractivity contribution < 1.29 is 19.1 Å². The van der Waals surface area contributed by atoms with Crippen molar-refractivity contribution in [3.05, 3.63) is 83.4 Å². The lowest BCUT2D eigenvalue weighted by Gasteiger charge is -2.11. The monoisotopic (exact) mass is 404 g/mol.